The summed E-state index contributed by atoms with van der Waals surface area (Å²) in [6, 6.07) is 0.0294. The van der Waals surface area contributed by atoms with E-state index in [2.05, 4.69) is 17.2 Å². The van der Waals surface area contributed by atoms with Gasteiger partial charge in [0.05, 0.1) is 11.4 Å². The van der Waals surface area contributed by atoms with E-state index < -0.39 is 0 Å². The van der Waals surface area contributed by atoms with Crippen LogP contribution in [0.3, 0.4) is 0 Å². The Bertz CT molecular complexity index is 753. The average Bonchev–Trinajstić information content (AvgIpc) is 2.92. The first-order valence-electron chi connectivity index (χ1n) is 8.95. The van der Waals surface area contributed by atoms with Crippen molar-refractivity contribution >= 4 is 21.6 Å². The molecule has 6 heteroatoms. The molecule has 5 nitrogen and oxygen atoms in total. The quantitative estimate of drug-likeness (QED) is 0.754. The Morgan fingerprint density at radius 3 is 3.12 bits per heavy atom. The van der Waals surface area contributed by atoms with Gasteiger partial charge in [-0.2, -0.15) is 0 Å². The molecule has 1 aliphatic rings. The number of H-pyrrole nitrogens is 1. The Labute approximate surface area is 146 Å². The van der Waals surface area contributed by atoms with Crippen LogP contribution in [0.15, 0.2) is 4.79 Å². The first-order valence-corrected chi connectivity index (χ1v) is 9.77. The van der Waals surface area contributed by atoms with Crippen molar-refractivity contribution in [1.82, 2.24) is 15.3 Å². The zero-order valence-corrected chi connectivity index (χ0v) is 15.6. The fourth-order valence-electron chi connectivity index (χ4n) is 3.30. The maximum absolute atomic E-state index is 12.6. The van der Waals surface area contributed by atoms with Crippen molar-refractivity contribution < 1.29 is 4.74 Å². The van der Waals surface area contributed by atoms with Gasteiger partial charge in [-0.1, -0.05) is 6.92 Å². The van der Waals surface area contributed by atoms with Crippen molar-refractivity contribution in [3.63, 3.8) is 0 Å². The molecule has 0 spiro atoms. The van der Waals surface area contributed by atoms with Crippen LogP contribution in [-0.2, 0) is 17.6 Å². The second-order valence-electron chi connectivity index (χ2n) is 6.71. The third-order valence-electron chi connectivity index (χ3n) is 4.71. The van der Waals surface area contributed by atoms with Gasteiger partial charge in [0.1, 0.15) is 10.7 Å². The number of fused-ring (bicyclic) bond motifs is 3. The highest BCUT2D eigenvalue weighted by molar-refractivity contribution is 7.18. The maximum Gasteiger partial charge on any atom is 0.259 e. The van der Waals surface area contributed by atoms with E-state index in [0.29, 0.717) is 5.92 Å². The maximum atomic E-state index is 12.6. The molecule has 2 aromatic rings. The fourth-order valence-corrected chi connectivity index (χ4v) is 4.69. The first-order chi connectivity index (χ1) is 11.6. The van der Waals surface area contributed by atoms with Crippen LogP contribution in [-0.4, -0.2) is 29.7 Å². The minimum absolute atomic E-state index is 0.0185. The van der Waals surface area contributed by atoms with E-state index in [1.807, 2.05) is 13.8 Å². The van der Waals surface area contributed by atoms with Crippen LogP contribution in [0.5, 0.6) is 0 Å². The van der Waals surface area contributed by atoms with Crippen molar-refractivity contribution in [3.05, 3.63) is 26.6 Å². The first kappa shape index (κ1) is 17.6. The van der Waals surface area contributed by atoms with Gasteiger partial charge in [-0.15, -0.1) is 11.3 Å². The highest BCUT2D eigenvalue weighted by atomic mass is 32.1. The predicted octanol–water partition coefficient (Wildman–Crippen LogP) is 3.19. The number of hydrogen-bond donors (Lipinski definition) is 2. The number of ether oxygens (including phenoxy) is 1. The van der Waals surface area contributed by atoms with Gasteiger partial charge in [-0.3, -0.25) is 4.79 Å². The molecule has 0 saturated carbocycles. The van der Waals surface area contributed by atoms with Crippen LogP contribution < -0.4 is 10.9 Å². The lowest BCUT2D eigenvalue weighted by Gasteiger charge is -2.17. The number of thiophene rings is 1. The summed E-state index contributed by atoms with van der Waals surface area (Å²) >= 11 is 1.71. The Hall–Kier alpha value is -1.24. The lowest BCUT2D eigenvalue weighted by molar-refractivity contribution is 0.144. The molecular weight excluding hydrogens is 322 g/mol. The smallest absolute Gasteiger partial charge is 0.259 e. The van der Waals surface area contributed by atoms with E-state index in [4.69, 9.17) is 9.72 Å². The Morgan fingerprint density at radius 2 is 2.33 bits per heavy atom. The van der Waals surface area contributed by atoms with Gasteiger partial charge in [-0.05, 0) is 57.6 Å². The molecule has 0 bridgehead atoms. The second kappa shape index (κ2) is 7.76. The summed E-state index contributed by atoms with van der Waals surface area (Å²) in [5.41, 5.74) is 1.26. The fraction of sp³-hybridized carbons (Fsp3) is 0.667. The molecule has 0 saturated heterocycles. The summed E-state index contributed by atoms with van der Waals surface area (Å²) < 4.78 is 5.34. The van der Waals surface area contributed by atoms with Crippen LogP contribution in [0.2, 0.25) is 0 Å². The number of nitrogens with one attached hydrogen (secondary N) is 2. The van der Waals surface area contributed by atoms with Crippen LogP contribution in [0.4, 0.5) is 0 Å². The Balaban J connectivity index is 1.77. The largest absolute Gasteiger partial charge is 0.382 e. The van der Waals surface area contributed by atoms with E-state index in [9.17, 15) is 4.79 Å². The van der Waals surface area contributed by atoms with Crippen molar-refractivity contribution in [2.24, 2.45) is 5.92 Å². The molecule has 2 N–H and O–H groups in total. The molecule has 2 atom stereocenters. The SMILES string of the molecule is CCOCCCN[C@@H](C)c1nc2sc3c(c2c(=O)[nH]1)CC[C@H](C)C3. The summed E-state index contributed by atoms with van der Waals surface area (Å²) in [5.74, 6) is 1.44. The lowest BCUT2D eigenvalue weighted by atomic mass is 9.89. The average molecular weight is 350 g/mol. The summed E-state index contributed by atoms with van der Waals surface area (Å²) in [6.07, 6.45) is 4.20. The van der Waals surface area contributed by atoms with Crippen molar-refractivity contribution in [1.29, 1.82) is 0 Å². The minimum atomic E-state index is 0.0185. The number of nitrogens with zero attached hydrogens (tertiary/aromatic N) is 1. The highest BCUT2D eigenvalue weighted by Crippen LogP contribution is 2.35. The van der Waals surface area contributed by atoms with E-state index in [1.165, 1.54) is 10.4 Å². The number of rotatable bonds is 7. The molecule has 0 amide bonds. The second-order valence-corrected chi connectivity index (χ2v) is 7.79. The van der Waals surface area contributed by atoms with Crippen molar-refractivity contribution in [2.75, 3.05) is 19.8 Å². The molecule has 1 aliphatic carbocycles. The van der Waals surface area contributed by atoms with Crippen LogP contribution in [0, 0.1) is 5.92 Å². The minimum Gasteiger partial charge on any atom is -0.382 e. The van der Waals surface area contributed by atoms with E-state index in [0.717, 1.165) is 61.5 Å². The van der Waals surface area contributed by atoms with Gasteiger partial charge in [-0.25, -0.2) is 4.98 Å². The number of aromatic nitrogens is 2. The third kappa shape index (κ3) is 3.71. The molecular formula is C18H27N3O2S. The van der Waals surface area contributed by atoms with Gasteiger partial charge in [0, 0.05) is 18.1 Å². The van der Waals surface area contributed by atoms with Gasteiger partial charge < -0.3 is 15.0 Å². The van der Waals surface area contributed by atoms with Gasteiger partial charge in [0.15, 0.2) is 0 Å². The van der Waals surface area contributed by atoms with Gasteiger partial charge >= 0.3 is 0 Å². The van der Waals surface area contributed by atoms with Gasteiger partial charge in [0.25, 0.3) is 5.56 Å². The van der Waals surface area contributed by atoms with Crippen molar-refractivity contribution in [2.45, 2.75) is 52.5 Å². The molecule has 0 aliphatic heterocycles. The normalized spacial score (nSPS) is 18.7. The highest BCUT2D eigenvalue weighted by Gasteiger charge is 2.23. The van der Waals surface area contributed by atoms with E-state index in [1.54, 1.807) is 11.3 Å². The number of aromatic amines is 1. The molecule has 2 aromatic heterocycles. The van der Waals surface area contributed by atoms with Gasteiger partial charge in [0.2, 0.25) is 0 Å². The molecule has 0 fully saturated rings. The molecule has 3 rings (SSSR count). The summed E-state index contributed by atoms with van der Waals surface area (Å²) in [4.78, 5) is 22.6. The van der Waals surface area contributed by atoms with Crippen LogP contribution >= 0.6 is 11.3 Å². The lowest BCUT2D eigenvalue weighted by Crippen LogP contribution is -2.25. The summed E-state index contributed by atoms with van der Waals surface area (Å²) in [5, 5.41) is 4.24. The standard InChI is InChI=1S/C18H27N3O2S/c1-4-23-9-5-8-19-12(3)16-20-17(22)15-13-7-6-11(2)10-14(13)24-18(15)21-16/h11-12,19H,4-10H2,1-3H3,(H,20,21,22)/t11-,12-/m0/s1. The zero-order chi connectivity index (χ0) is 17.1. The topological polar surface area (TPSA) is 67.0 Å². The molecule has 0 unspecified atom stereocenters. The Kier molecular flexibility index (Phi) is 5.69. The van der Waals surface area contributed by atoms with Crippen LogP contribution in [0.25, 0.3) is 10.2 Å². The third-order valence-corrected chi connectivity index (χ3v) is 5.86. The molecule has 2 heterocycles. The number of aryl methyl sites for hydroxylation is 1. The summed E-state index contributed by atoms with van der Waals surface area (Å²) in [6.45, 7) is 8.69. The zero-order valence-electron chi connectivity index (χ0n) is 14.8. The Morgan fingerprint density at radius 1 is 1.50 bits per heavy atom. The predicted molar refractivity (Wildman–Crippen MR) is 99.0 cm³/mol. The molecule has 24 heavy (non-hydrogen) atoms. The molecule has 0 radical (unpaired) electrons. The van der Waals surface area contributed by atoms with E-state index >= 15 is 0 Å². The van der Waals surface area contributed by atoms with E-state index in [-0.39, 0.29) is 11.6 Å². The van der Waals surface area contributed by atoms with Crippen LogP contribution in [0.1, 0.15) is 55.9 Å². The number of hydrogen-bond acceptors (Lipinski definition) is 5. The van der Waals surface area contributed by atoms with Crippen molar-refractivity contribution in [3.8, 4) is 0 Å². The monoisotopic (exact) mass is 349 g/mol. The molecule has 0 aromatic carbocycles. The summed E-state index contributed by atoms with van der Waals surface area (Å²) in [7, 11) is 0. The molecule has 132 valence electrons.